The third-order valence-electron chi connectivity index (χ3n) is 5.80. The van der Waals surface area contributed by atoms with Gasteiger partial charge >= 0.3 is 0 Å². The molecule has 5 rings (SSSR count). The summed E-state index contributed by atoms with van der Waals surface area (Å²) in [5, 5.41) is 9.92. The molecule has 1 fully saturated rings. The molecule has 33 heavy (non-hydrogen) atoms. The van der Waals surface area contributed by atoms with E-state index in [1.54, 1.807) is 16.3 Å². The van der Waals surface area contributed by atoms with Crippen molar-refractivity contribution in [1.82, 2.24) is 24.6 Å². The number of likely N-dealkylation sites (N-methyl/N-ethyl adjacent to an activating group) is 1. The highest BCUT2D eigenvalue weighted by Gasteiger charge is 2.15. The van der Waals surface area contributed by atoms with E-state index in [1.807, 2.05) is 48.7 Å². The van der Waals surface area contributed by atoms with Crippen molar-refractivity contribution in [2.45, 2.75) is 6.54 Å². The lowest BCUT2D eigenvalue weighted by Crippen LogP contribution is -2.43. The Hall–Kier alpha value is -3.33. The summed E-state index contributed by atoms with van der Waals surface area (Å²) in [6.07, 6.45) is 3.70. The Labute approximate surface area is 197 Å². The first-order valence-electron chi connectivity index (χ1n) is 11.0. The van der Waals surface area contributed by atoms with Crippen molar-refractivity contribution < 1.29 is 4.79 Å². The van der Waals surface area contributed by atoms with E-state index in [1.165, 1.54) is 16.9 Å². The third kappa shape index (κ3) is 5.19. The Morgan fingerprint density at radius 1 is 1.03 bits per heavy atom. The molecule has 0 unspecified atom stereocenters. The van der Waals surface area contributed by atoms with Crippen LogP contribution in [0.2, 0.25) is 0 Å². The van der Waals surface area contributed by atoms with Crippen LogP contribution in [0.15, 0.2) is 72.4 Å². The molecule has 0 saturated carbocycles. The molecular formula is C25H26N6OS. The van der Waals surface area contributed by atoms with E-state index in [0.29, 0.717) is 5.69 Å². The van der Waals surface area contributed by atoms with E-state index in [9.17, 15) is 4.79 Å². The van der Waals surface area contributed by atoms with E-state index in [2.05, 4.69) is 44.4 Å². The topological polar surface area (TPSA) is 66.3 Å². The summed E-state index contributed by atoms with van der Waals surface area (Å²) in [5.41, 5.74) is 4.30. The number of carbonyl (C=O) groups is 1. The second kappa shape index (κ2) is 9.66. The molecular weight excluding hydrogens is 432 g/mol. The van der Waals surface area contributed by atoms with Crippen LogP contribution in [-0.2, 0) is 6.54 Å². The highest BCUT2D eigenvalue weighted by atomic mass is 32.1. The van der Waals surface area contributed by atoms with Crippen molar-refractivity contribution in [3.63, 3.8) is 0 Å². The molecule has 0 atom stereocenters. The predicted octanol–water partition coefficient (Wildman–Crippen LogP) is 4.00. The summed E-state index contributed by atoms with van der Waals surface area (Å²) in [4.78, 5) is 22.1. The van der Waals surface area contributed by atoms with Crippen molar-refractivity contribution in [1.29, 1.82) is 0 Å². The average Bonchev–Trinajstić information content (AvgIpc) is 3.53. The van der Waals surface area contributed by atoms with Gasteiger partial charge in [-0.2, -0.15) is 5.10 Å². The Balaban J connectivity index is 1.20. The Bertz CT molecular complexity index is 1210. The number of hydrogen-bond donors (Lipinski definition) is 1. The van der Waals surface area contributed by atoms with Gasteiger partial charge < -0.3 is 10.2 Å². The lowest BCUT2D eigenvalue weighted by atomic mass is 10.1. The van der Waals surface area contributed by atoms with Gasteiger partial charge in [0.2, 0.25) is 0 Å². The van der Waals surface area contributed by atoms with Gasteiger partial charge in [0.15, 0.2) is 0 Å². The van der Waals surface area contributed by atoms with Crippen LogP contribution >= 0.6 is 11.3 Å². The van der Waals surface area contributed by atoms with Gasteiger partial charge in [0.25, 0.3) is 5.91 Å². The maximum absolute atomic E-state index is 12.7. The van der Waals surface area contributed by atoms with Gasteiger partial charge in [0.1, 0.15) is 10.7 Å². The lowest BCUT2D eigenvalue weighted by Gasteiger charge is -2.32. The fourth-order valence-corrected chi connectivity index (χ4v) is 4.59. The van der Waals surface area contributed by atoms with Gasteiger partial charge in [-0.3, -0.25) is 9.69 Å². The number of carbonyl (C=O) groups excluding carboxylic acids is 1. The minimum absolute atomic E-state index is 0.209. The van der Waals surface area contributed by atoms with Crippen molar-refractivity contribution in [3.05, 3.63) is 83.6 Å². The Morgan fingerprint density at radius 2 is 1.79 bits per heavy atom. The number of aromatic nitrogens is 3. The maximum atomic E-state index is 12.7. The van der Waals surface area contributed by atoms with E-state index in [4.69, 9.17) is 0 Å². The number of piperazine rings is 1. The molecule has 0 aliphatic carbocycles. The normalized spacial score (nSPS) is 14.9. The van der Waals surface area contributed by atoms with Gasteiger partial charge in [-0.1, -0.05) is 30.3 Å². The largest absolute Gasteiger partial charge is 0.321 e. The molecule has 8 heteroatoms. The smallest absolute Gasteiger partial charge is 0.275 e. The molecule has 2 aromatic heterocycles. The first kappa shape index (κ1) is 21.5. The zero-order chi connectivity index (χ0) is 22.6. The van der Waals surface area contributed by atoms with Gasteiger partial charge in [0, 0.05) is 55.6 Å². The molecule has 0 bridgehead atoms. The number of amides is 1. The van der Waals surface area contributed by atoms with Gasteiger partial charge in [0.05, 0.1) is 11.9 Å². The van der Waals surface area contributed by atoms with Crippen LogP contribution in [0, 0.1) is 0 Å². The van der Waals surface area contributed by atoms with E-state index in [-0.39, 0.29) is 5.91 Å². The first-order valence-corrected chi connectivity index (χ1v) is 11.9. The molecule has 2 aromatic carbocycles. The number of thiazole rings is 1. The van der Waals surface area contributed by atoms with Crippen LogP contribution in [0.4, 0.5) is 5.69 Å². The molecule has 1 aliphatic rings. The first-order chi connectivity index (χ1) is 16.1. The number of nitrogens with zero attached hydrogens (tertiary/aromatic N) is 5. The minimum atomic E-state index is -0.209. The SMILES string of the molecule is CN1CCN(Cc2ccc(NC(=O)c3csc(-c4cnn(-c5ccccc5)c4)n3)cc2)CC1. The zero-order valence-corrected chi connectivity index (χ0v) is 19.3. The number of hydrogen-bond acceptors (Lipinski definition) is 6. The second-order valence-corrected chi connectivity index (χ2v) is 9.14. The molecule has 7 nitrogen and oxygen atoms in total. The van der Waals surface area contributed by atoms with E-state index in [0.717, 1.165) is 54.7 Å². The Morgan fingerprint density at radius 3 is 2.55 bits per heavy atom. The quantitative estimate of drug-likeness (QED) is 0.473. The maximum Gasteiger partial charge on any atom is 0.275 e. The molecule has 168 valence electrons. The van der Waals surface area contributed by atoms with Crippen molar-refractivity contribution in [2.75, 3.05) is 38.5 Å². The van der Waals surface area contributed by atoms with Gasteiger partial charge in [-0.25, -0.2) is 9.67 Å². The summed E-state index contributed by atoms with van der Waals surface area (Å²) in [7, 11) is 2.16. The third-order valence-corrected chi connectivity index (χ3v) is 6.69. The molecule has 1 amide bonds. The fraction of sp³-hybridized carbons (Fsp3) is 0.240. The number of anilines is 1. The summed E-state index contributed by atoms with van der Waals surface area (Å²) in [6, 6.07) is 18.0. The lowest BCUT2D eigenvalue weighted by molar-refractivity contribution is 0.102. The van der Waals surface area contributed by atoms with Crippen molar-refractivity contribution in [3.8, 4) is 16.3 Å². The second-order valence-electron chi connectivity index (χ2n) is 8.28. The number of benzene rings is 2. The van der Waals surface area contributed by atoms with Crippen LogP contribution in [0.3, 0.4) is 0 Å². The highest BCUT2D eigenvalue weighted by molar-refractivity contribution is 7.13. The molecule has 1 saturated heterocycles. The summed E-state index contributed by atoms with van der Waals surface area (Å²) in [5.74, 6) is -0.209. The standard InChI is InChI=1S/C25H26N6OS/c1-29-11-13-30(14-12-29)16-19-7-9-21(10-8-19)27-24(32)23-18-33-25(28-23)20-15-26-31(17-20)22-5-3-2-4-6-22/h2-10,15,17-18H,11-14,16H2,1H3,(H,27,32). The van der Waals surface area contributed by atoms with Crippen LogP contribution in [0.25, 0.3) is 16.3 Å². The van der Waals surface area contributed by atoms with Crippen molar-refractivity contribution >= 4 is 22.9 Å². The fourth-order valence-electron chi connectivity index (χ4n) is 3.82. The van der Waals surface area contributed by atoms with Crippen LogP contribution in [-0.4, -0.2) is 63.7 Å². The van der Waals surface area contributed by atoms with E-state index < -0.39 is 0 Å². The summed E-state index contributed by atoms with van der Waals surface area (Å²) < 4.78 is 1.81. The molecule has 3 heterocycles. The zero-order valence-electron chi connectivity index (χ0n) is 18.5. The number of rotatable bonds is 6. The monoisotopic (exact) mass is 458 g/mol. The molecule has 1 aliphatic heterocycles. The summed E-state index contributed by atoms with van der Waals surface area (Å²) >= 11 is 1.44. The molecule has 0 spiro atoms. The van der Waals surface area contributed by atoms with E-state index >= 15 is 0 Å². The van der Waals surface area contributed by atoms with Crippen LogP contribution in [0.1, 0.15) is 16.1 Å². The van der Waals surface area contributed by atoms with Crippen LogP contribution < -0.4 is 5.32 Å². The Kier molecular flexibility index (Phi) is 6.30. The molecule has 0 radical (unpaired) electrons. The van der Waals surface area contributed by atoms with Gasteiger partial charge in [-0.15, -0.1) is 11.3 Å². The van der Waals surface area contributed by atoms with Crippen LogP contribution in [0.5, 0.6) is 0 Å². The van der Waals surface area contributed by atoms with Gasteiger partial charge in [-0.05, 0) is 36.9 Å². The molecule has 4 aromatic rings. The minimum Gasteiger partial charge on any atom is -0.321 e. The summed E-state index contributed by atoms with van der Waals surface area (Å²) in [6.45, 7) is 5.33. The van der Waals surface area contributed by atoms with Crippen molar-refractivity contribution in [2.24, 2.45) is 0 Å². The molecule has 1 N–H and O–H groups in total. The predicted molar refractivity (Wildman–Crippen MR) is 132 cm³/mol. The number of para-hydroxylation sites is 1. The average molecular weight is 459 g/mol. The highest BCUT2D eigenvalue weighted by Crippen LogP contribution is 2.25. The number of nitrogens with one attached hydrogen (secondary N) is 1.